The number of amides is 1. The normalized spacial score (nSPS) is 14.6. The topological polar surface area (TPSA) is 64.3 Å². The monoisotopic (exact) mass is 258 g/mol. The van der Waals surface area contributed by atoms with E-state index >= 15 is 0 Å². The summed E-state index contributed by atoms with van der Waals surface area (Å²) in [6.45, 7) is 7.13. The Bertz CT molecular complexity index is 220. The van der Waals surface area contributed by atoms with Crippen molar-refractivity contribution >= 4 is 5.91 Å². The summed E-state index contributed by atoms with van der Waals surface area (Å²) in [6.07, 6.45) is 4.89. The van der Waals surface area contributed by atoms with Gasteiger partial charge in [-0.2, -0.15) is 0 Å². The highest BCUT2D eigenvalue weighted by Gasteiger charge is 2.15. The quantitative estimate of drug-likeness (QED) is 0.590. The van der Waals surface area contributed by atoms with Crippen molar-refractivity contribution < 1.29 is 9.53 Å². The minimum Gasteiger partial charge on any atom is -0.385 e. The van der Waals surface area contributed by atoms with Crippen LogP contribution in [0.3, 0.4) is 0 Å². The van der Waals surface area contributed by atoms with Crippen molar-refractivity contribution in [2.45, 2.75) is 65.0 Å². The third kappa shape index (κ3) is 9.42. The molecule has 0 spiro atoms. The van der Waals surface area contributed by atoms with E-state index in [1.165, 1.54) is 6.42 Å². The lowest BCUT2D eigenvalue weighted by molar-refractivity contribution is -0.123. The second-order valence-electron chi connectivity index (χ2n) is 5.48. The lowest BCUT2D eigenvalue weighted by Crippen LogP contribution is -2.44. The molecule has 18 heavy (non-hydrogen) atoms. The zero-order chi connectivity index (χ0) is 14.0. The molecule has 4 nitrogen and oxygen atoms in total. The number of nitrogens with one attached hydrogen (secondary N) is 1. The molecule has 1 amide bonds. The molecule has 0 bridgehead atoms. The first-order valence-corrected chi connectivity index (χ1v) is 7.02. The van der Waals surface area contributed by atoms with Gasteiger partial charge < -0.3 is 15.8 Å². The van der Waals surface area contributed by atoms with Gasteiger partial charge >= 0.3 is 0 Å². The van der Waals surface area contributed by atoms with E-state index in [2.05, 4.69) is 19.2 Å². The Kier molecular flexibility index (Phi) is 9.98. The predicted molar refractivity (Wildman–Crippen MR) is 75.4 cm³/mol. The second kappa shape index (κ2) is 10.3. The van der Waals surface area contributed by atoms with Crippen LogP contribution in [0.2, 0.25) is 0 Å². The van der Waals surface area contributed by atoms with Crippen LogP contribution in [0.5, 0.6) is 0 Å². The van der Waals surface area contributed by atoms with Crippen molar-refractivity contribution in [3.05, 3.63) is 0 Å². The standard InChI is InChI=1S/C14H30N2O2/c1-11(2)7-5-8-12(3)16-14(17)13(15)9-6-10-18-4/h11-13H,5-10,15H2,1-4H3,(H,16,17). The van der Waals surface area contributed by atoms with E-state index in [9.17, 15) is 4.79 Å². The number of carbonyl (C=O) groups excluding carboxylic acids is 1. The molecule has 0 aromatic rings. The Labute approximate surface area is 112 Å². The van der Waals surface area contributed by atoms with Gasteiger partial charge in [0.1, 0.15) is 0 Å². The first-order chi connectivity index (χ1) is 8.47. The van der Waals surface area contributed by atoms with E-state index in [0.29, 0.717) is 13.0 Å². The summed E-state index contributed by atoms with van der Waals surface area (Å²) < 4.78 is 4.94. The van der Waals surface area contributed by atoms with E-state index < -0.39 is 6.04 Å². The molecule has 2 atom stereocenters. The van der Waals surface area contributed by atoms with Crippen molar-refractivity contribution in [2.75, 3.05) is 13.7 Å². The average Bonchev–Trinajstić information content (AvgIpc) is 2.28. The summed E-state index contributed by atoms with van der Waals surface area (Å²) in [4.78, 5) is 11.8. The molecule has 0 aliphatic carbocycles. The van der Waals surface area contributed by atoms with E-state index in [4.69, 9.17) is 10.5 Å². The number of hydrogen-bond acceptors (Lipinski definition) is 3. The first kappa shape index (κ1) is 17.4. The zero-order valence-corrected chi connectivity index (χ0v) is 12.4. The molecule has 108 valence electrons. The number of nitrogens with two attached hydrogens (primary N) is 1. The third-order valence-corrected chi connectivity index (χ3v) is 3.01. The highest BCUT2D eigenvalue weighted by atomic mass is 16.5. The summed E-state index contributed by atoms with van der Waals surface area (Å²) >= 11 is 0. The maximum Gasteiger partial charge on any atom is 0.237 e. The van der Waals surface area contributed by atoms with Gasteiger partial charge in [-0.15, -0.1) is 0 Å². The number of carbonyl (C=O) groups is 1. The fourth-order valence-electron chi connectivity index (χ4n) is 1.83. The van der Waals surface area contributed by atoms with Crippen LogP contribution in [-0.2, 0) is 9.53 Å². The summed E-state index contributed by atoms with van der Waals surface area (Å²) in [6, 6.07) is -0.197. The maximum atomic E-state index is 11.8. The molecule has 0 aromatic heterocycles. The Hall–Kier alpha value is -0.610. The molecule has 0 radical (unpaired) electrons. The number of rotatable bonds is 10. The van der Waals surface area contributed by atoms with Crippen LogP contribution >= 0.6 is 0 Å². The molecule has 2 unspecified atom stereocenters. The van der Waals surface area contributed by atoms with Gasteiger partial charge in [0.2, 0.25) is 5.91 Å². The van der Waals surface area contributed by atoms with Crippen molar-refractivity contribution in [1.29, 1.82) is 0 Å². The van der Waals surface area contributed by atoms with Crippen molar-refractivity contribution in [3.8, 4) is 0 Å². The molecule has 0 fully saturated rings. The molecule has 0 saturated carbocycles. The molecule has 0 aliphatic heterocycles. The van der Waals surface area contributed by atoms with Gasteiger partial charge in [0, 0.05) is 19.8 Å². The van der Waals surface area contributed by atoms with E-state index in [1.807, 2.05) is 6.92 Å². The Morgan fingerprint density at radius 1 is 1.17 bits per heavy atom. The van der Waals surface area contributed by atoms with Crippen LogP contribution in [0.25, 0.3) is 0 Å². The van der Waals surface area contributed by atoms with Crippen LogP contribution in [0.4, 0.5) is 0 Å². The lowest BCUT2D eigenvalue weighted by atomic mass is 10.0. The van der Waals surface area contributed by atoms with Crippen LogP contribution in [-0.4, -0.2) is 31.7 Å². The van der Waals surface area contributed by atoms with Crippen LogP contribution in [0.1, 0.15) is 52.9 Å². The first-order valence-electron chi connectivity index (χ1n) is 7.02. The largest absolute Gasteiger partial charge is 0.385 e. The molecule has 3 N–H and O–H groups in total. The van der Waals surface area contributed by atoms with E-state index in [-0.39, 0.29) is 11.9 Å². The summed E-state index contributed by atoms with van der Waals surface area (Å²) in [5.41, 5.74) is 5.82. The zero-order valence-electron chi connectivity index (χ0n) is 12.4. The number of hydrogen-bond donors (Lipinski definition) is 2. The van der Waals surface area contributed by atoms with E-state index in [0.717, 1.165) is 25.2 Å². The van der Waals surface area contributed by atoms with Crippen LogP contribution in [0, 0.1) is 5.92 Å². The predicted octanol–water partition coefficient (Wildman–Crippen LogP) is 2.07. The Morgan fingerprint density at radius 3 is 2.39 bits per heavy atom. The van der Waals surface area contributed by atoms with Gasteiger partial charge in [-0.3, -0.25) is 4.79 Å². The lowest BCUT2D eigenvalue weighted by Gasteiger charge is -2.17. The molecule has 4 heteroatoms. The van der Waals surface area contributed by atoms with Gasteiger partial charge in [-0.25, -0.2) is 0 Å². The van der Waals surface area contributed by atoms with Crippen LogP contribution in [0.15, 0.2) is 0 Å². The summed E-state index contributed by atoms with van der Waals surface area (Å²) in [7, 11) is 1.66. The Balaban J connectivity index is 3.71. The number of methoxy groups -OCH3 is 1. The molecular weight excluding hydrogens is 228 g/mol. The molecule has 0 saturated heterocycles. The van der Waals surface area contributed by atoms with Crippen LogP contribution < -0.4 is 11.1 Å². The molecular formula is C14H30N2O2. The van der Waals surface area contributed by atoms with Gasteiger partial charge in [0.05, 0.1) is 6.04 Å². The highest BCUT2D eigenvalue weighted by molar-refractivity contribution is 5.81. The van der Waals surface area contributed by atoms with Crippen molar-refractivity contribution in [1.82, 2.24) is 5.32 Å². The van der Waals surface area contributed by atoms with Gasteiger partial charge in [0.15, 0.2) is 0 Å². The number of ether oxygens (including phenoxy) is 1. The SMILES string of the molecule is COCCCC(N)C(=O)NC(C)CCCC(C)C. The third-order valence-electron chi connectivity index (χ3n) is 3.01. The van der Waals surface area contributed by atoms with Gasteiger partial charge in [0.25, 0.3) is 0 Å². The minimum atomic E-state index is -0.410. The molecule has 0 heterocycles. The molecule has 0 rings (SSSR count). The molecule has 0 aliphatic rings. The maximum absolute atomic E-state index is 11.8. The van der Waals surface area contributed by atoms with Gasteiger partial charge in [-0.1, -0.05) is 26.7 Å². The van der Waals surface area contributed by atoms with Crippen molar-refractivity contribution in [2.24, 2.45) is 11.7 Å². The fraction of sp³-hybridized carbons (Fsp3) is 0.929. The minimum absolute atomic E-state index is 0.0387. The highest BCUT2D eigenvalue weighted by Crippen LogP contribution is 2.08. The second-order valence-corrected chi connectivity index (χ2v) is 5.48. The Morgan fingerprint density at radius 2 is 1.83 bits per heavy atom. The molecule has 0 aromatic carbocycles. The summed E-state index contributed by atoms with van der Waals surface area (Å²) in [5, 5.41) is 2.98. The van der Waals surface area contributed by atoms with Crippen molar-refractivity contribution in [3.63, 3.8) is 0 Å². The summed E-state index contributed by atoms with van der Waals surface area (Å²) in [5.74, 6) is 0.687. The van der Waals surface area contributed by atoms with Gasteiger partial charge in [-0.05, 0) is 32.1 Å². The fourth-order valence-corrected chi connectivity index (χ4v) is 1.83. The van der Waals surface area contributed by atoms with E-state index in [1.54, 1.807) is 7.11 Å². The smallest absolute Gasteiger partial charge is 0.237 e. The average molecular weight is 258 g/mol.